The van der Waals surface area contributed by atoms with Gasteiger partial charge in [0.25, 0.3) is 0 Å². The highest BCUT2D eigenvalue weighted by atomic mass is 16.5. The lowest BCUT2D eigenvalue weighted by molar-refractivity contribution is -0.165. The van der Waals surface area contributed by atoms with Crippen LogP contribution >= 0.6 is 0 Å². The number of carbonyl (C=O) groups excluding carboxylic acids is 1. The molecule has 1 aliphatic carbocycles. The first-order valence-corrected chi connectivity index (χ1v) is 12.0. The maximum absolute atomic E-state index is 12.3. The van der Waals surface area contributed by atoms with Crippen LogP contribution in [0.25, 0.3) is 0 Å². The van der Waals surface area contributed by atoms with E-state index in [4.69, 9.17) is 4.74 Å². The fourth-order valence-electron chi connectivity index (χ4n) is 4.03. The predicted molar refractivity (Wildman–Crippen MR) is 126 cm³/mol. The molecule has 0 saturated heterocycles. The molecule has 2 nitrogen and oxygen atoms in total. The summed E-state index contributed by atoms with van der Waals surface area (Å²) in [7, 11) is 0. The molecule has 0 heterocycles. The number of hydrogen-bond acceptors (Lipinski definition) is 2. The van der Waals surface area contributed by atoms with Crippen LogP contribution < -0.4 is 0 Å². The minimum Gasteiger partial charge on any atom is -0.462 e. The summed E-state index contributed by atoms with van der Waals surface area (Å²) in [5, 5.41) is 0. The quantitative estimate of drug-likeness (QED) is 0.443. The Hall–Kier alpha value is -0.530. The lowest BCUT2D eigenvalue weighted by atomic mass is 9.58. The van der Waals surface area contributed by atoms with Crippen LogP contribution in [0, 0.1) is 34.5 Å². The number of esters is 1. The van der Waals surface area contributed by atoms with Crippen LogP contribution in [0.5, 0.6) is 0 Å². The van der Waals surface area contributed by atoms with Gasteiger partial charge < -0.3 is 4.74 Å². The van der Waals surface area contributed by atoms with Gasteiger partial charge in [-0.25, -0.2) is 0 Å². The van der Waals surface area contributed by atoms with Crippen molar-refractivity contribution in [1.29, 1.82) is 0 Å². The summed E-state index contributed by atoms with van der Waals surface area (Å²) < 4.78 is 5.98. The van der Waals surface area contributed by atoms with Gasteiger partial charge in [-0.05, 0) is 41.9 Å². The number of rotatable bonds is 4. The summed E-state index contributed by atoms with van der Waals surface area (Å²) in [4.78, 5) is 12.3. The second kappa shape index (κ2) is 13.6. The molecule has 0 aromatic heterocycles. The van der Waals surface area contributed by atoms with Crippen LogP contribution in [0.2, 0.25) is 0 Å². The normalized spacial score (nSPS) is 26.2. The van der Waals surface area contributed by atoms with Gasteiger partial charge in [0, 0.05) is 5.92 Å². The Morgan fingerprint density at radius 1 is 0.893 bits per heavy atom. The van der Waals surface area contributed by atoms with Crippen molar-refractivity contribution in [3.8, 4) is 0 Å². The zero-order valence-corrected chi connectivity index (χ0v) is 21.7. The average Bonchev–Trinajstić information content (AvgIpc) is 2.60. The minimum absolute atomic E-state index is 0.0104. The van der Waals surface area contributed by atoms with E-state index in [0.717, 1.165) is 19.3 Å². The summed E-state index contributed by atoms with van der Waals surface area (Å²) >= 11 is 0. The van der Waals surface area contributed by atoms with Crippen LogP contribution in [0.3, 0.4) is 0 Å². The van der Waals surface area contributed by atoms with Crippen LogP contribution in [0.4, 0.5) is 0 Å². The van der Waals surface area contributed by atoms with Gasteiger partial charge in [0.1, 0.15) is 6.10 Å². The van der Waals surface area contributed by atoms with E-state index in [9.17, 15) is 4.79 Å². The average molecular weight is 399 g/mol. The van der Waals surface area contributed by atoms with Crippen LogP contribution in [-0.4, -0.2) is 12.1 Å². The standard InChI is InChI=1S/C20H38O2.C4H10.C2H6/c1-10-13(2)18(21)22-17-11-14(3)15(19(4,5)6)12-16(17)20(7,8)9;1-3-4-2;1-2/h13-17H,10-12H2,1-9H3;3-4H2,1-2H3;1-2H3. The van der Waals surface area contributed by atoms with E-state index in [1.165, 1.54) is 12.8 Å². The van der Waals surface area contributed by atoms with Crippen LogP contribution in [-0.2, 0) is 9.53 Å². The molecule has 28 heavy (non-hydrogen) atoms. The van der Waals surface area contributed by atoms with E-state index in [0.29, 0.717) is 23.2 Å². The van der Waals surface area contributed by atoms with Gasteiger partial charge in [-0.2, -0.15) is 0 Å². The van der Waals surface area contributed by atoms with Crippen molar-refractivity contribution in [2.75, 3.05) is 0 Å². The Balaban J connectivity index is 0. The summed E-state index contributed by atoms with van der Waals surface area (Å²) in [5.41, 5.74) is 0.485. The third-order valence-corrected chi connectivity index (χ3v) is 6.25. The molecule has 0 spiro atoms. The van der Waals surface area contributed by atoms with E-state index in [-0.39, 0.29) is 23.4 Å². The first-order chi connectivity index (χ1) is 12.8. The van der Waals surface area contributed by atoms with Gasteiger partial charge >= 0.3 is 5.97 Å². The smallest absolute Gasteiger partial charge is 0.308 e. The van der Waals surface area contributed by atoms with E-state index in [1.54, 1.807) is 0 Å². The monoisotopic (exact) mass is 398 g/mol. The summed E-state index contributed by atoms with van der Waals surface area (Å²) in [6, 6.07) is 0. The SMILES string of the molecule is CC.CCC(C)C(=O)OC1CC(C)C(C(C)(C)C)CC1C(C)(C)C.CCCC. The summed E-state index contributed by atoms with van der Waals surface area (Å²) in [6.07, 6.45) is 5.74. The lowest BCUT2D eigenvalue weighted by Crippen LogP contribution is -2.46. The molecule has 0 radical (unpaired) electrons. The van der Waals surface area contributed by atoms with Crippen molar-refractivity contribution in [2.24, 2.45) is 34.5 Å². The number of ether oxygens (including phenoxy) is 1. The highest BCUT2D eigenvalue weighted by Gasteiger charge is 2.45. The van der Waals surface area contributed by atoms with E-state index in [1.807, 2.05) is 27.7 Å². The van der Waals surface area contributed by atoms with Crippen LogP contribution in [0.1, 0.15) is 122 Å². The van der Waals surface area contributed by atoms with Crippen molar-refractivity contribution in [3.05, 3.63) is 0 Å². The molecule has 0 aromatic carbocycles. The summed E-state index contributed by atoms with van der Waals surface area (Å²) in [6.45, 7) is 28.6. The Bertz CT molecular complexity index is 398. The molecule has 2 heteroatoms. The van der Waals surface area contributed by atoms with E-state index < -0.39 is 0 Å². The fraction of sp³-hybridized carbons (Fsp3) is 0.962. The minimum atomic E-state index is -0.0110. The second-order valence-corrected chi connectivity index (χ2v) is 10.7. The Morgan fingerprint density at radius 3 is 1.64 bits per heavy atom. The molecule has 1 aliphatic rings. The largest absolute Gasteiger partial charge is 0.462 e. The molecule has 5 unspecified atom stereocenters. The summed E-state index contributed by atoms with van der Waals surface area (Å²) in [5.74, 6) is 1.74. The van der Waals surface area contributed by atoms with Crippen molar-refractivity contribution < 1.29 is 9.53 Å². The first-order valence-electron chi connectivity index (χ1n) is 12.0. The van der Waals surface area contributed by atoms with Gasteiger partial charge in [-0.1, -0.05) is 103 Å². The molecule has 0 N–H and O–H groups in total. The Labute approximate surface area is 178 Å². The molecule has 1 fully saturated rings. The third kappa shape index (κ3) is 10.3. The Morgan fingerprint density at radius 2 is 1.32 bits per heavy atom. The molecular weight excluding hydrogens is 344 g/mol. The maximum atomic E-state index is 12.3. The lowest BCUT2D eigenvalue weighted by Gasteiger charge is -2.49. The number of unbranched alkanes of at least 4 members (excludes halogenated alkanes) is 1. The van der Waals surface area contributed by atoms with Crippen molar-refractivity contribution in [3.63, 3.8) is 0 Å². The molecule has 0 amide bonds. The van der Waals surface area contributed by atoms with Crippen molar-refractivity contribution in [2.45, 2.75) is 128 Å². The van der Waals surface area contributed by atoms with Gasteiger partial charge in [-0.15, -0.1) is 0 Å². The van der Waals surface area contributed by atoms with Gasteiger partial charge in [0.15, 0.2) is 0 Å². The van der Waals surface area contributed by atoms with Gasteiger partial charge in [-0.3, -0.25) is 4.79 Å². The van der Waals surface area contributed by atoms with Crippen molar-refractivity contribution >= 4 is 5.97 Å². The molecule has 0 aromatic rings. The third-order valence-electron chi connectivity index (χ3n) is 6.25. The molecule has 170 valence electrons. The zero-order chi connectivity index (χ0) is 22.7. The molecule has 1 saturated carbocycles. The molecule has 1 rings (SSSR count). The molecular formula is C26H54O2. The first kappa shape index (κ1) is 29.7. The Kier molecular flexibility index (Phi) is 14.5. The molecule has 5 atom stereocenters. The highest BCUT2D eigenvalue weighted by Crippen LogP contribution is 2.49. The highest BCUT2D eigenvalue weighted by molar-refractivity contribution is 5.72. The fourth-order valence-corrected chi connectivity index (χ4v) is 4.03. The zero-order valence-electron chi connectivity index (χ0n) is 21.7. The predicted octanol–water partition coefficient (Wildman–Crippen LogP) is 8.53. The topological polar surface area (TPSA) is 26.3 Å². The van der Waals surface area contributed by atoms with Gasteiger partial charge in [0.05, 0.1) is 5.92 Å². The van der Waals surface area contributed by atoms with Crippen LogP contribution in [0.15, 0.2) is 0 Å². The van der Waals surface area contributed by atoms with E-state index in [2.05, 4.69) is 62.3 Å². The van der Waals surface area contributed by atoms with Gasteiger partial charge in [0.2, 0.25) is 0 Å². The molecule has 0 bridgehead atoms. The van der Waals surface area contributed by atoms with E-state index >= 15 is 0 Å². The number of carbonyl (C=O) groups is 1. The number of hydrogen-bond donors (Lipinski definition) is 0. The van der Waals surface area contributed by atoms with Crippen molar-refractivity contribution in [1.82, 2.24) is 0 Å². The second-order valence-electron chi connectivity index (χ2n) is 10.7. The molecule has 0 aliphatic heterocycles. The maximum Gasteiger partial charge on any atom is 0.308 e.